The summed E-state index contributed by atoms with van der Waals surface area (Å²) in [6, 6.07) is 14.0. The van der Waals surface area contributed by atoms with Crippen molar-refractivity contribution in [2.24, 2.45) is 0 Å². The fraction of sp³-hybridized carbons (Fsp3) is 0.381. The molecule has 0 aromatic heterocycles. The van der Waals surface area contributed by atoms with Gasteiger partial charge in [-0.15, -0.1) is 11.8 Å². The van der Waals surface area contributed by atoms with E-state index in [1.807, 2.05) is 18.2 Å². The van der Waals surface area contributed by atoms with Crippen LogP contribution in [0.2, 0.25) is 10.0 Å². The molecule has 0 bridgehead atoms. The number of rotatable bonds is 8. The number of hydrogen-bond acceptors (Lipinski definition) is 3. The van der Waals surface area contributed by atoms with Crippen molar-refractivity contribution < 1.29 is 4.79 Å². The van der Waals surface area contributed by atoms with E-state index in [1.54, 1.807) is 0 Å². The molecule has 0 aliphatic carbocycles. The monoisotopic (exact) mass is 422 g/mol. The molecule has 1 heterocycles. The maximum Gasteiger partial charge on any atom is 0.230 e. The normalized spacial score (nSPS) is 14.4. The van der Waals surface area contributed by atoms with Gasteiger partial charge in [0.1, 0.15) is 0 Å². The van der Waals surface area contributed by atoms with Gasteiger partial charge in [0.2, 0.25) is 5.91 Å². The van der Waals surface area contributed by atoms with Crippen LogP contribution in [0.4, 0.5) is 0 Å². The summed E-state index contributed by atoms with van der Waals surface area (Å²) in [5.74, 6) is 1.02. The molecule has 2 aromatic rings. The number of benzene rings is 2. The Morgan fingerprint density at radius 2 is 1.63 bits per heavy atom. The van der Waals surface area contributed by atoms with E-state index in [0.29, 0.717) is 28.1 Å². The second-order valence-electron chi connectivity index (χ2n) is 6.77. The van der Waals surface area contributed by atoms with Crippen molar-refractivity contribution in [1.29, 1.82) is 0 Å². The van der Waals surface area contributed by atoms with Crippen LogP contribution in [0.1, 0.15) is 29.5 Å². The lowest BCUT2D eigenvalue weighted by Gasteiger charge is -2.14. The number of amides is 1. The second kappa shape index (κ2) is 10.4. The fourth-order valence-electron chi connectivity index (χ4n) is 3.13. The summed E-state index contributed by atoms with van der Waals surface area (Å²) in [7, 11) is 0. The zero-order valence-corrected chi connectivity index (χ0v) is 17.5. The third-order valence-electron chi connectivity index (χ3n) is 4.66. The predicted molar refractivity (Wildman–Crippen MR) is 115 cm³/mol. The summed E-state index contributed by atoms with van der Waals surface area (Å²) in [4.78, 5) is 14.6. The zero-order valence-electron chi connectivity index (χ0n) is 15.2. The molecule has 1 N–H and O–H groups in total. The minimum atomic E-state index is 0.0179. The topological polar surface area (TPSA) is 32.3 Å². The van der Waals surface area contributed by atoms with E-state index >= 15 is 0 Å². The van der Waals surface area contributed by atoms with E-state index in [9.17, 15) is 4.79 Å². The smallest absolute Gasteiger partial charge is 0.230 e. The van der Waals surface area contributed by atoms with Crippen molar-refractivity contribution in [1.82, 2.24) is 10.2 Å². The van der Waals surface area contributed by atoms with E-state index < -0.39 is 0 Å². The minimum absolute atomic E-state index is 0.0179. The average Bonchev–Trinajstić information content (AvgIpc) is 3.17. The highest BCUT2D eigenvalue weighted by molar-refractivity contribution is 7.99. The number of halogens is 2. The Morgan fingerprint density at radius 3 is 2.30 bits per heavy atom. The van der Waals surface area contributed by atoms with Crippen molar-refractivity contribution in [2.45, 2.75) is 31.7 Å². The van der Waals surface area contributed by atoms with Gasteiger partial charge in [0.25, 0.3) is 0 Å². The van der Waals surface area contributed by atoms with Gasteiger partial charge < -0.3 is 5.32 Å². The molecule has 144 valence electrons. The van der Waals surface area contributed by atoms with Gasteiger partial charge in [-0.1, -0.05) is 53.5 Å². The number of thioether (sulfide) groups is 1. The summed E-state index contributed by atoms with van der Waals surface area (Å²) in [5.41, 5.74) is 3.33. The van der Waals surface area contributed by atoms with E-state index in [4.69, 9.17) is 23.2 Å². The predicted octanol–water partition coefficient (Wildman–Crippen LogP) is 5.14. The average molecular weight is 423 g/mol. The first-order valence-corrected chi connectivity index (χ1v) is 11.1. The Labute approximate surface area is 175 Å². The quantitative estimate of drug-likeness (QED) is 0.638. The van der Waals surface area contributed by atoms with Gasteiger partial charge >= 0.3 is 0 Å². The first kappa shape index (κ1) is 20.5. The van der Waals surface area contributed by atoms with Gasteiger partial charge in [-0.25, -0.2) is 0 Å². The third kappa shape index (κ3) is 6.42. The van der Waals surface area contributed by atoms with E-state index in [1.165, 1.54) is 43.3 Å². The van der Waals surface area contributed by atoms with Crippen molar-refractivity contribution >= 4 is 40.9 Å². The van der Waals surface area contributed by atoms with Crippen molar-refractivity contribution in [3.8, 4) is 0 Å². The molecule has 27 heavy (non-hydrogen) atoms. The Hall–Kier alpha value is -1.20. The number of likely N-dealkylation sites (tertiary alicyclic amines) is 1. The molecule has 2 aromatic carbocycles. The van der Waals surface area contributed by atoms with Gasteiger partial charge in [-0.2, -0.15) is 0 Å². The first-order valence-electron chi connectivity index (χ1n) is 9.19. The molecule has 0 spiro atoms. The summed E-state index contributed by atoms with van der Waals surface area (Å²) in [6.45, 7) is 3.98. The van der Waals surface area contributed by atoms with E-state index in [-0.39, 0.29) is 5.91 Å². The van der Waals surface area contributed by atoms with Crippen LogP contribution in [-0.4, -0.2) is 29.6 Å². The van der Waals surface area contributed by atoms with Crippen LogP contribution in [0.3, 0.4) is 0 Å². The van der Waals surface area contributed by atoms with Crippen molar-refractivity contribution in [3.05, 3.63) is 69.2 Å². The molecule has 0 unspecified atom stereocenters. The number of nitrogens with one attached hydrogen (secondary N) is 1. The van der Waals surface area contributed by atoms with Crippen molar-refractivity contribution in [3.63, 3.8) is 0 Å². The van der Waals surface area contributed by atoms with E-state index in [2.05, 4.69) is 34.5 Å². The van der Waals surface area contributed by atoms with Crippen LogP contribution >= 0.6 is 35.0 Å². The molecule has 1 aliphatic heterocycles. The molecule has 1 amide bonds. The van der Waals surface area contributed by atoms with Crippen LogP contribution in [0, 0.1) is 0 Å². The largest absolute Gasteiger partial charge is 0.351 e. The highest BCUT2D eigenvalue weighted by Crippen LogP contribution is 2.28. The summed E-state index contributed by atoms with van der Waals surface area (Å²) >= 11 is 13.8. The number of carbonyl (C=O) groups excluding carboxylic acids is 1. The van der Waals surface area contributed by atoms with E-state index in [0.717, 1.165) is 17.7 Å². The summed E-state index contributed by atoms with van der Waals surface area (Å²) in [5, 5.41) is 4.26. The Balaban J connectivity index is 1.38. The fourth-order valence-corrected chi connectivity index (χ4v) is 4.72. The van der Waals surface area contributed by atoms with Crippen LogP contribution in [0.5, 0.6) is 0 Å². The molecule has 0 saturated carbocycles. The highest BCUT2D eigenvalue weighted by atomic mass is 35.5. The molecular weight excluding hydrogens is 399 g/mol. The molecule has 3 nitrogen and oxygen atoms in total. The maximum absolute atomic E-state index is 12.1. The maximum atomic E-state index is 12.1. The van der Waals surface area contributed by atoms with Crippen LogP contribution in [0.25, 0.3) is 0 Å². The highest BCUT2D eigenvalue weighted by Gasteiger charge is 2.11. The summed E-state index contributed by atoms with van der Waals surface area (Å²) < 4.78 is 0. The molecule has 1 fully saturated rings. The van der Waals surface area contributed by atoms with Crippen LogP contribution < -0.4 is 5.32 Å². The lowest BCUT2D eigenvalue weighted by atomic mass is 10.1. The van der Waals surface area contributed by atoms with Gasteiger partial charge in [0.15, 0.2) is 0 Å². The standard InChI is InChI=1S/C21H24Cl2N2OS/c22-19-4-3-5-20(23)18(19)14-27-15-21(26)24-12-16-6-8-17(9-7-16)13-25-10-1-2-11-25/h3-9H,1-2,10-15H2,(H,24,26). The first-order chi connectivity index (χ1) is 13.1. The minimum Gasteiger partial charge on any atom is -0.351 e. The number of carbonyl (C=O) groups is 1. The lowest BCUT2D eigenvalue weighted by molar-refractivity contribution is -0.118. The van der Waals surface area contributed by atoms with Crippen LogP contribution in [-0.2, 0) is 23.6 Å². The van der Waals surface area contributed by atoms with Gasteiger partial charge in [-0.3, -0.25) is 9.69 Å². The molecule has 6 heteroatoms. The number of nitrogens with zero attached hydrogens (tertiary/aromatic N) is 1. The molecule has 0 atom stereocenters. The second-order valence-corrected chi connectivity index (χ2v) is 8.57. The zero-order chi connectivity index (χ0) is 19.1. The Morgan fingerprint density at radius 1 is 1.00 bits per heavy atom. The Kier molecular flexibility index (Phi) is 7.89. The molecule has 1 saturated heterocycles. The third-order valence-corrected chi connectivity index (χ3v) is 6.33. The number of hydrogen-bond donors (Lipinski definition) is 1. The van der Waals surface area contributed by atoms with Crippen molar-refractivity contribution in [2.75, 3.05) is 18.8 Å². The Bertz CT molecular complexity index is 741. The molecular formula is C21H24Cl2N2OS. The van der Waals surface area contributed by atoms with Gasteiger partial charge in [0, 0.05) is 28.9 Å². The molecule has 3 rings (SSSR count). The SMILES string of the molecule is O=C(CSCc1c(Cl)cccc1Cl)NCc1ccc(CN2CCCC2)cc1. The van der Waals surface area contributed by atoms with Crippen LogP contribution in [0.15, 0.2) is 42.5 Å². The van der Waals surface area contributed by atoms with Gasteiger partial charge in [0.05, 0.1) is 5.75 Å². The van der Waals surface area contributed by atoms with Gasteiger partial charge in [-0.05, 0) is 54.8 Å². The molecule has 1 aliphatic rings. The molecule has 0 radical (unpaired) electrons. The summed E-state index contributed by atoms with van der Waals surface area (Å²) in [6.07, 6.45) is 2.62. The lowest BCUT2D eigenvalue weighted by Crippen LogP contribution is -2.24.